The highest BCUT2D eigenvalue weighted by atomic mass is 35.5. The van der Waals surface area contributed by atoms with E-state index in [-0.39, 0.29) is 41.8 Å². The van der Waals surface area contributed by atoms with E-state index in [1.807, 2.05) is 6.33 Å². The number of nitrogens with one attached hydrogen (secondary N) is 2. The molecule has 35 heavy (non-hydrogen) atoms. The van der Waals surface area contributed by atoms with Crippen LogP contribution in [0.25, 0.3) is 11.2 Å². The number of imidazole rings is 1. The van der Waals surface area contributed by atoms with Crippen LogP contribution in [0.2, 0.25) is 0 Å². The van der Waals surface area contributed by atoms with E-state index in [2.05, 4.69) is 20.2 Å². The average molecular weight is 544 g/mol. The third kappa shape index (κ3) is 6.15. The number of aromatic nitrogens is 4. The lowest BCUT2D eigenvalue weighted by molar-refractivity contribution is 0.410. The van der Waals surface area contributed by atoms with Crippen molar-refractivity contribution in [3.63, 3.8) is 0 Å². The Morgan fingerprint density at radius 3 is 2.23 bits per heavy atom. The highest BCUT2D eigenvalue weighted by Gasteiger charge is 2.24. The van der Waals surface area contributed by atoms with Gasteiger partial charge in [0.25, 0.3) is 0 Å². The molecule has 0 unspecified atom stereocenters. The number of rotatable bonds is 6. The summed E-state index contributed by atoms with van der Waals surface area (Å²) >= 11 is 0. The third-order valence-corrected chi connectivity index (χ3v) is 7.62. The normalized spacial score (nSPS) is 20.7. The fourth-order valence-corrected chi connectivity index (χ4v) is 5.34. The number of anilines is 3. The van der Waals surface area contributed by atoms with Crippen molar-refractivity contribution in [1.82, 2.24) is 19.5 Å². The van der Waals surface area contributed by atoms with Crippen LogP contribution in [0.1, 0.15) is 57.4 Å². The fraction of sp³-hybridized carbons (Fsp3) is 0.500. The molecule has 0 bridgehead atoms. The van der Waals surface area contributed by atoms with Crippen molar-refractivity contribution >= 4 is 63.5 Å². The molecule has 0 radical (unpaired) electrons. The molecule has 0 spiro atoms. The molecule has 3 aromatic rings. The van der Waals surface area contributed by atoms with E-state index in [1.54, 1.807) is 12.1 Å². The number of fused-ring (bicyclic) bond motifs is 1. The Kier molecular flexibility index (Phi) is 8.81. The molecule has 2 heterocycles. The Balaban J connectivity index is 0.00000171. The third-order valence-electron chi connectivity index (χ3n) is 6.69. The van der Waals surface area contributed by atoms with Gasteiger partial charge in [-0.25, -0.2) is 18.5 Å². The molecule has 13 heteroatoms. The van der Waals surface area contributed by atoms with Gasteiger partial charge in [0.05, 0.1) is 11.2 Å². The summed E-state index contributed by atoms with van der Waals surface area (Å²) in [6.07, 6.45) is 10.5. The molecule has 0 amide bonds. The topological polar surface area (TPSA) is 154 Å². The van der Waals surface area contributed by atoms with Gasteiger partial charge in [-0.05, 0) is 62.8 Å². The zero-order valence-corrected chi connectivity index (χ0v) is 21.7. The second-order valence-corrected chi connectivity index (χ2v) is 10.7. The van der Waals surface area contributed by atoms with Crippen LogP contribution in [0.3, 0.4) is 0 Å². The first-order valence-electron chi connectivity index (χ1n) is 11.5. The van der Waals surface area contributed by atoms with Crippen molar-refractivity contribution in [2.75, 3.05) is 10.6 Å². The molecule has 2 aliphatic rings. The number of halogens is 2. The first-order valence-corrected chi connectivity index (χ1v) is 13.1. The van der Waals surface area contributed by atoms with Crippen LogP contribution in [-0.2, 0) is 10.0 Å². The molecule has 2 fully saturated rings. The van der Waals surface area contributed by atoms with Crippen molar-refractivity contribution in [2.24, 2.45) is 10.9 Å². The zero-order valence-electron chi connectivity index (χ0n) is 19.3. The van der Waals surface area contributed by atoms with Crippen LogP contribution in [-0.4, -0.2) is 40.0 Å². The number of sulfonamides is 1. The predicted molar refractivity (Wildman–Crippen MR) is 142 cm³/mol. The molecule has 2 aliphatic carbocycles. The summed E-state index contributed by atoms with van der Waals surface area (Å²) < 4.78 is 25.3. The number of primary sulfonamides is 1. The summed E-state index contributed by atoms with van der Waals surface area (Å²) in [7, 11) is -3.75. The first-order chi connectivity index (χ1) is 15.9. The monoisotopic (exact) mass is 542 g/mol. The van der Waals surface area contributed by atoms with Crippen LogP contribution in [0, 0.1) is 0 Å². The fourth-order valence-electron chi connectivity index (χ4n) is 4.83. The maximum Gasteiger partial charge on any atom is 0.238 e. The van der Waals surface area contributed by atoms with Crippen LogP contribution in [0.15, 0.2) is 35.5 Å². The van der Waals surface area contributed by atoms with Crippen LogP contribution in [0.4, 0.5) is 17.5 Å². The first kappa shape index (κ1) is 27.4. The minimum Gasteiger partial charge on any atom is -0.351 e. The Labute approximate surface area is 217 Å². The summed E-state index contributed by atoms with van der Waals surface area (Å²) in [5, 5.41) is 12.0. The summed E-state index contributed by atoms with van der Waals surface area (Å²) in [5.41, 5.74) is 8.24. The number of hydrogen-bond acceptors (Lipinski definition) is 8. The number of nitrogens with two attached hydrogens (primary N) is 2. The standard InChI is InChI=1S/C22H30N8O2S.2ClH/c23-14-5-7-16(8-6-14)27-22-28-20(26-15-9-11-18(12-10-15)33(24,31)32)19-21(29-22)30(13-25-19)17-3-1-2-4-17;;/h9-14,16-17H,1-8,23H2,(H2,24,31,32)(H2,26,27,28,29);2*1H. The van der Waals surface area contributed by atoms with Crippen molar-refractivity contribution in [2.45, 2.75) is 74.4 Å². The largest absolute Gasteiger partial charge is 0.351 e. The maximum atomic E-state index is 11.6. The molecule has 2 aromatic heterocycles. The SMILES string of the molecule is Cl.Cl.NC1CCC(Nc2nc(Nc3ccc(S(N)(=O)=O)cc3)c3ncn(C4CCCC4)c3n2)CC1. The van der Waals surface area contributed by atoms with E-state index in [9.17, 15) is 8.42 Å². The second kappa shape index (κ2) is 11.3. The van der Waals surface area contributed by atoms with Gasteiger partial charge in [-0.3, -0.25) is 0 Å². The van der Waals surface area contributed by atoms with Gasteiger partial charge < -0.3 is 20.9 Å². The Morgan fingerprint density at radius 1 is 0.943 bits per heavy atom. The van der Waals surface area contributed by atoms with Crippen molar-refractivity contribution < 1.29 is 8.42 Å². The minimum absolute atomic E-state index is 0. The molecule has 0 saturated heterocycles. The highest BCUT2D eigenvalue weighted by molar-refractivity contribution is 7.89. The summed E-state index contributed by atoms with van der Waals surface area (Å²) in [6.45, 7) is 0. The molecule has 1 aromatic carbocycles. The van der Waals surface area contributed by atoms with Gasteiger partial charge in [-0.15, -0.1) is 24.8 Å². The van der Waals surface area contributed by atoms with Crippen LogP contribution < -0.4 is 21.5 Å². The molecule has 10 nitrogen and oxygen atoms in total. The number of nitrogens with zero attached hydrogens (tertiary/aromatic N) is 4. The van der Waals surface area contributed by atoms with Crippen LogP contribution in [0.5, 0.6) is 0 Å². The zero-order chi connectivity index (χ0) is 23.0. The van der Waals surface area contributed by atoms with Crippen molar-refractivity contribution in [1.29, 1.82) is 0 Å². The lowest BCUT2D eigenvalue weighted by atomic mass is 9.92. The lowest BCUT2D eigenvalue weighted by Gasteiger charge is -2.27. The molecule has 5 rings (SSSR count). The Hall–Kier alpha value is -2.18. The number of hydrogen-bond donors (Lipinski definition) is 4. The predicted octanol–water partition coefficient (Wildman–Crippen LogP) is 3.86. The van der Waals surface area contributed by atoms with E-state index >= 15 is 0 Å². The van der Waals surface area contributed by atoms with Crippen molar-refractivity contribution in [3.8, 4) is 0 Å². The van der Waals surface area contributed by atoms with Gasteiger partial charge in [-0.1, -0.05) is 12.8 Å². The molecule has 0 atom stereocenters. The summed E-state index contributed by atoms with van der Waals surface area (Å²) in [6, 6.07) is 7.22. The van der Waals surface area contributed by atoms with Gasteiger partial charge in [0.2, 0.25) is 16.0 Å². The molecular formula is C22H32Cl2N8O2S. The summed E-state index contributed by atoms with van der Waals surface area (Å²) in [5.74, 6) is 1.14. The van der Waals surface area contributed by atoms with Gasteiger partial charge in [0, 0.05) is 23.8 Å². The van der Waals surface area contributed by atoms with E-state index in [1.165, 1.54) is 25.0 Å². The second-order valence-electron chi connectivity index (χ2n) is 9.11. The highest BCUT2D eigenvalue weighted by Crippen LogP contribution is 2.34. The minimum atomic E-state index is -3.75. The lowest BCUT2D eigenvalue weighted by Crippen LogP contribution is -2.33. The average Bonchev–Trinajstić information content (AvgIpc) is 3.45. The Morgan fingerprint density at radius 2 is 1.60 bits per heavy atom. The smallest absolute Gasteiger partial charge is 0.238 e. The molecule has 2 saturated carbocycles. The molecular weight excluding hydrogens is 511 g/mol. The number of benzene rings is 1. The van der Waals surface area contributed by atoms with E-state index in [4.69, 9.17) is 20.8 Å². The van der Waals surface area contributed by atoms with Gasteiger partial charge >= 0.3 is 0 Å². The van der Waals surface area contributed by atoms with Crippen molar-refractivity contribution in [3.05, 3.63) is 30.6 Å². The molecule has 0 aliphatic heterocycles. The van der Waals surface area contributed by atoms with E-state index in [0.29, 0.717) is 29.0 Å². The molecule has 192 valence electrons. The maximum absolute atomic E-state index is 11.6. The quantitative estimate of drug-likeness (QED) is 0.366. The van der Waals surface area contributed by atoms with Gasteiger partial charge in [-0.2, -0.15) is 9.97 Å². The van der Waals surface area contributed by atoms with Crippen LogP contribution >= 0.6 is 24.8 Å². The van der Waals surface area contributed by atoms with E-state index in [0.717, 1.165) is 44.2 Å². The van der Waals surface area contributed by atoms with Gasteiger partial charge in [0.1, 0.15) is 0 Å². The molecule has 6 N–H and O–H groups in total. The summed E-state index contributed by atoms with van der Waals surface area (Å²) in [4.78, 5) is 14.3. The van der Waals surface area contributed by atoms with Gasteiger partial charge in [0.15, 0.2) is 17.0 Å². The van der Waals surface area contributed by atoms with E-state index < -0.39 is 10.0 Å². The Bertz CT molecular complexity index is 1240.